The Labute approximate surface area is 146 Å². The molecule has 2 aromatic rings. The minimum absolute atomic E-state index is 0.171. The highest BCUT2D eigenvalue weighted by molar-refractivity contribution is 6.04. The molecule has 0 aliphatic rings. The standard InChI is InChI=1S/C19H21NO5/c1-13(2)25-18(21)12-24-17-8-4-14(5-9-17)19(22)20-15-6-10-16(23-3)11-7-15/h4-11,13H,12H2,1-3H3,(H,20,22). The number of ether oxygens (including phenoxy) is 3. The smallest absolute Gasteiger partial charge is 0.344 e. The van der Waals surface area contributed by atoms with Crippen molar-refractivity contribution in [2.75, 3.05) is 19.0 Å². The first-order valence-corrected chi connectivity index (χ1v) is 7.85. The van der Waals surface area contributed by atoms with Crippen LogP contribution in [-0.4, -0.2) is 31.7 Å². The molecule has 0 heterocycles. The van der Waals surface area contributed by atoms with Crippen LogP contribution in [0.4, 0.5) is 5.69 Å². The Bertz CT molecular complexity index is 708. The van der Waals surface area contributed by atoms with Crippen LogP contribution in [0.15, 0.2) is 48.5 Å². The average Bonchev–Trinajstić information content (AvgIpc) is 2.60. The average molecular weight is 343 g/mol. The second kappa shape index (κ2) is 8.73. The van der Waals surface area contributed by atoms with Gasteiger partial charge in [-0.3, -0.25) is 4.79 Å². The largest absolute Gasteiger partial charge is 0.497 e. The van der Waals surface area contributed by atoms with Gasteiger partial charge in [-0.15, -0.1) is 0 Å². The van der Waals surface area contributed by atoms with Gasteiger partial charge in [-0.25, -0.2) is 4.79 Å². The van der Waals surface area contributed by atoms with Gasteiger partial charge in [0.1, 0.15) is 11.5 Å². The lowest BCUT2D eigenvalue weighted by molar-refractivity contribution is -0.149. The van der Waals surface area contributed by atoms with Gasteiger partial charge in [0.2, 0.25) is 0 Å². The number of hydrogen-bond donors (Lipinski definition) is 1. The number of methoxy groups -OCH3 is 1. The van der Waals surface area contributed by atoms with Crippen LogP contribution in [0.25, 0.3) is 0 Å². The minimum Gasteiger partial charge on any atom is -0.497 e. The maximum Gasteiger partial charge on any atom is 0.344 e. The van der Waals surface area contributed by atoms with E-state index >= 15 is 0 Å². The zero-order valence-electron chi connectivity index (χ0n) is 14.4. The van der Waals surface area contributed by atoms with E-state index in [1.165, 1.54) is 0 Å². The van der Waals surface area contributed by atoms with E-state index in [1.54, 1.807) is 69.5 Å². The van der Waals surface area contributed by atoms with Crippen molar-refractivity contribution in [1.29, 1.82) is 0 Å². The Kier molecular flexibility index (Phi) is 6.39. The van der Waals surface area contributed by atoms with Gasteiger partial charge in [0, 0.05) is 11.3 Å². The Hall–Kier alpha value is -3.02. The van der Waals surface area contributed by atoms with Gasteiger partial charge in [-0.1, -0.05) is 0 Å². The Morgan fingerprint density at radius 3 is 2.12 bits per heavy atom. The van der Waals surface area contributed by atoms with Crippen molar-refractivity contribution in [2.24, 2.45) is 0 Å². The van der Waals surface area contributed by atoms with E-state index in [1.807, 2.05) is 0 Å². The molecule has 1 N–H and O–H groups in total. The first-order valence-electron chi connectivity index (χ1n) is 7.85. The van der Waals surface area contributed by atoms with Gasteiger partial charge in [0.05, 0.1) is 13.2 Å². The van der Waals surface area contributed by atoms with Crippen molar-refractivity contribution in [2.45, 2.75) is 20.0 Å². The molecule has 0 spiro atoms. The van der Waals surface area contributed by atoms with Gasteiger partial charge in [-0.2, -0.15) is 0 Å². The molecule has 0 aliphatic heterocycles. The molecular formula is C19H21NO5. The van der Waals surface area contributed by atoms with E-state index in [2.05, 4.69) is 5.32 Å². The molecular weight excluding hydrogens is 322 g/mol. The Morgan fingerprint density at radius 2 is 1.56 bits per heavy atom. The van der Waals surface area contributed by atoms with Gasteiger partial charge < -0.3 is 19.5 Å². The van der Waals surface area contributed by atoms with Crippen LogP contribution in [0.3, 0.4) is 0 Å². The van der Waals surface area contributed by atoms with Crippen molar-refractivity contribution in [3.63, 3.8) is 0 Å². The molecule has 1 amide bonds. The second-order valence-corrected chi connectivity index (χ2v) is 5.53. The third kappa shape index (κ3) is 5.84. The lowest BCUT2D eigenvalue weighted by Gasteiger charge is -2.10. The quantitative estimate of drug-likeness (QED) is 0.781. The van der Waals surface area contributed by atoms with E-state index in [4.69, 9.17) is 14.2 Å². The van der Waals surface area contributed by atoms with Crippen molar-refractivity contribution >= 4 is 17.6 Å². The van der Waals surface area contributed by atoms with Crippen molar-refractivity contribution < 1.29 is 23.8 Å². The molecule has 2 rings (SSSR count). The SMILES string of the molecule is COc1ccc(NC(=O)c2ccc(OCC(=O)OC(C)C)cc2)cc1. The number of hydrogen-bond acceptors (Lipinski definition) is 5. The topological polar surface area (TPSA) is 73.9 Å². The summed E-state index contributed by atoms with van der Waals surface area (Å²) in [7, 11) is 1.58. The predicted octanol–water partition coefficient (Wildman–Crippen LogP) is 3.28. The number of carbonyl (C=O) groups is 2. The lowest BCUT2D eigenvalue weighted by Crippen LogP contribution is -2.18. The normalized spacial score (nSPS) is 10.2. The van der Waals surface area contributed by atoms with Crippen LogP contribution in [0.5, 0.6) is 11.5 Å². The van der Waals surface area contributed by atoms with Crippen LogP contribution in [0.1, 0.15) is 24.2 Å². The fourth-order valence-electron chi connectivity index (χ4n) is 2.02. The summed E-state index contributed by atoms with van der Waals surface area (Å²) in [6.07, 6.45) is -0.180. The molecule has 25 heavy (non-hydrogen) atoms. The van der Waals surface area contributed by atoms with Crippen molar-refractivity contribution in [3.05, 3.63) is 54.1 Å². The summed E-state index contributed by atoms with van der Waals surface area (Å²) in [5, 5.41) is 2.79. The third-order valence-corrected chi connectivity index (χ3v) is 3.19. The first kappa shape index (κ1) is 18.3. The van der Waals surface area contributed by atoms with E-state index in [9.17, 15) is 9.59 Å². The summed E-state index contributed by atoms with van der Waals surface area (Å²) >= 11 is 0. The minimum atomic E-state index is -0.434. The zero-order valence-corrected chi connectivity index (χ0v) is 14.4. The number of rotatable bonds is 7. The Balaban J connectivity index is 1.89. The predicted molar refractivity (Wildman–Crippen MR) is 94.1 cm³/mol. The number of anilines is 1. The molecule has 0 atom stereocenters. The zero-order chi connectivity index (χ0) is 18.2. The maximum atomic E-state index is 12.2. The fraction of sp³-hybridized carbons (Fsp3) is 0.263. The van der Waals surface area contributed by atoms with E-state index in [-0.39, 0.29) is 18.6 Å². The van der Waals surface area contributed by atoms with Crippen LogP contribution in [0.2, 0.25) is 0 Å². The highest BCUT2D eigenvalue weighted by atomic mass is 16.6. The number of esters is 1. The highest BCUT2D eigenvalue weighted by Gasteiger charge is 2.09. The van der Waals surface area contributed by atoms with Crippen molar-refractivity contribution in [3.8, 4) is 11.5 Å². The van der Waals surface area contributed by atoms with E-state index < -0.39 is 5.97 Å². The summed E-state index contributed by atoms with van der Waals surface area (Å²) in [5.41, 5.74) is 1.15. The summed E-state index contributed by atoms with van der Waals surface area (Å²) < 4.78 is 15.4. The van der Waals surface area contributed by atoms with E-state index in [0.29, 0.717) is 17.0 Å². The molecule has 2 aromatic carbocycles. The lowest BCUT2D eigenvalue weighted by atomic mass is 10.2. The van der Waals surface area contributed by atoms with Crippen LogP contribution < -0.4 is 14.8 Å². The van der Waals surface area contributed by atoms with E-state index in [0.717, 1.165) is 5.75 Å². The second-order valence-electron chi connectivity index (χ2n) is 5.53. The van der Waals surface area contributed by atoms with Crippen LogP contribution in [-0.2, 0) is 9.53 Å². The molecule has 0 unspecified atom stereocenters. The Morgan fingerprint density at radius 1 is 0.960 bits per heavy atom. The number of benzene rings is 2. The first-order chi connectivity index (χ1) is 12.0. The monoisotopic (exact) mass is 343 g/mol. The van der Waals surface area contributed by atoms with Gasteiger partial charge >= 0.3 is 5.97 Å². The number of nitrogens with one attached hydrogen (secondary N) is 1. The molecule has 0 saturated carbocycles. The summed E-state index contributed by atoms with van der Waals surface area (Å²) in [5.74, 6) is 0.532. The molecule has 0 radical (unpaired) electrons. The maximum absolute atomic E-state index is 12.2. The highest BCUT2D eigenvalue weighted by Crippen LogP contribution is 2.17. The summed E-state index contributed by atoms with van der Waals surface area (Å²) in [6.45, 7) is 3.37. The molecule has 0 bridgehead atoms. The van der Waals surface area contributed by atoms with Crippen LogP contribution in [0, 0.1) is 0 Å². The molecule has 0 aromatic heterocycles. The number of carbonyl (C=O) groups excluding carboxylic acids is 2. The summed E-state index contributed by atoms with van der Waals surface area (Å²) in [6, 6.07) is 13.6. The molecule has 0 aliphatic carbocycles. The third-order valence-electron chi connectivity index (χ3n) is 3.19. The van der Waals surface area contributed by atoms with Gasteiger partial charge in [0.25, 0.3) is 5.91 Å². The molecule has 0 saturated heterocycles. The fourth-order valence-corrected chi connectivity index (χ4v) is 2.02. The molecule has 0 fully saturated rings. The molecule has 6 heteroatoms. The van der Waals surface area contributed by atoms with Gasteiger partial charge in [-0.05, 0) is 62.4 Å². The molecule has 6 nitrogen and oxygen atoms in total. The summed E-state index contributed by atoms with van der Waals surface area (Å²) in [4.78, 5) is 23.6. The molecule has 132 valence electrons. The van der Waals surface area contributed by atoms with Crippen molar-refractivity contribution in [1.82, 2.24) is 0 Å². The number of amides is 1. The van der Waals surface area contributed by atoms with Gasteiger partial charge in [0.15, 0.2) is 6.61 Å². The van der Waals surface area contributed by atoms with Crippen LogP contribution >= 0.6 is 0 Å².